The van der Waals surface area contributed by atoms with Gasteiger partial charge in [-0.15, -0.1) is 0 Å². The highest BCUT2D eigenvalue weighted by molar-refractivity contribution is 5.74. The number of alkyl halides is 3. The molecule has 20 heavy (non-hydrogen) atoms. The second kappa shape index (κ2) is 6.28. The van der Waals surface area contributed by atoms with Crippen LogP contribution in [-0.2, 0) is 22.1 Å². The van der Waals surface area contributed by atoms with E-state index in [1.165, 1.54) is 0 Å². The molecule has 0 saturated heterocycles. The molecule has 0 atom stereocenters. The lowest BCUT2D eigenvalue weighted by molar-refractivity contribution is -0.142. The lowest BCUT2D eigenvalue weighted by Gasteiger charge is -2.14. The molecule has 0 aliphatic heterocycles. The summed E-state index contributed by atoms with van der Waals surface area (Å²) in [4.78, 5) is 11.4. The standard InChI is InChI=1S/C13H12F3NO3/c1-3-20-12(18)6-8-5-11(19-2)10(13(14,15)16)4-9(8)7-17/h4-5H,3,6H2,1-2H3. The summed E-state index contributed by atoms with van der Waals surface area (Å²) in [6.07, 6.45) is -4.93. The number of ether oxygens (including phenoxy) is 2. The maximum Gasteiger partial charge on any atom is 0.420 e. The number of hydrogen-bond donors (Lipinski definition) is 0. The van der Waals surface area contributed by atoms with Crippen LogP contribution in [0.4, 0.5) is 13.2 Å². The van der Waals surface area contributed by atoms with Crippen molar-refractivity contribution in [1.29, 1.82) is 5.26 Å². The van der Waals surface area contributed by atoms with Crippen LogP contribution in [0.15, 0.2) is 12.1 Å². The Morgan fingerprint density at radius 3 is 2.50 bits per heavy atom. The molecule has 0 N–H and O–H groups in total. The lowest BCUT2D eigenvalue weighted by Crippen LogP contribution is -2.12. The zero-order chi connectivity index (χ0) is 15.3. The number of rotatable bonds is 4. The summed E-state index contributed by atoms with van der Waals surface area (Å²) in [5, 5.41) is 8.90. The van der Waals surface area contributed by atoms with Crippen LogP contribution in [0.1, 0.15) is 23.6 Å². The number of hydrogen-bond acceptors (Lipinski definition) is 4. The largest absolute Gasteiger partial charge is 0.496 e. The van der Waals surface area contributed by atoms with Gasteiger partial charge >= 0.3 is 12.1 Å². The Hall–Kier alpha value is -2.23. The van der Waals surface area contributed by atoms with Crippen molar-refractivity contribution >= 4 is 5.97 Å². The Labute approximate surface area is 113 Å². The highest BCUT2D eigenvalue weighted by atomic mass is 19.4. The van der Waals surface area contributed by atoms with Gasteiger partial charge in [0.1, 0.15) is 5.75 Å². The Kier molecular flexibility index (Phi) is 4.97. The fourth-order valence-corrected chi connectivity index (χ4v) is 1.63. The van der Waals surface area contributed by atoms with Crippen molar-refractivity contribution in [3.8, 4) is 11.8 Å². The van der Waals surface area contributed by atoms with E-state index in [0.29, 0.717) is 6.07 Å². The second-order valence-corrected chi connectivity index (χ2v) is 3.80. The fraction of sp³-hybridized carbons (Fsp3) is 0.385. The number of nitrogens with zero attached hydrogens (tertiary/aromatic N) is 1. The van der Waals surface area contributed by atoms with Gasteiger partial charge in [-0.2, -0.15) is 18.4 Å². The summed E-state index contributed by atoms with van der Waals surface area (Å²) in [5.74, 6) is -1.05. The molecule has 1 aromatic rings. The zero-order valence-corrected chi connectivity index (χ0v) is 10.9. The second-order valence-electron chi connectivity index (χ2n) is 3.80. The van der Waals surface area contributed by atoms with Crippen LogP contribution < -0.4 is 4.74 Å². The van der Waals surface area contributed by atoms with E-state index in [-0.39, 0.29) is 24.2 Å². The van der Waals surface area contributed by atoms with E-state index in [1.54, 1.807) is 13.0 Å². The van der Waals surface area contributed by atoms with Gasteiger partial charge < -0.3 is 9.47 Å². The molecule has 108 valence electrons. The molecule has 0 radical (unpaired) electrons. The van der Waals surface area contributed by atoms with Crippen LogP contribution in [0.25, 0.3) is 0 Å². The normalized spacial score (nSPS) is 10.8. The molecule has 0 unspecified atom stereocenters. The maximum atomic E-state index is 12.8. The van der Waals surface area contributed by atoms with Gasteiger partial charge in [-0.05, 0) is 24.6 Å². The predicted octanol–water partition coefficient (Wildman–Crippen LogP) is 2.69. The van der Waals surface area contributed by atoms with Crippen molar-refractivity contribution in [1.82, 2.24) is 0 Å². The van der Waals surface area contributed by atoms with E-state index < -0.39 is 23.5 Å². The molecule has 0 fully saturated rings. The van der Waals surface area contributed by atoms with Crippen LogP contribution in [0, 0.1) is 11.3 Å². The first-order chi connectivity index (χ1) is 9.33. The van der Waals surface area contributed by atoms with E-state index in [9.17, 15) is 18.0 Å². The van der Waals surface area contributed by atoms with Crippen molar-refractivity contribution < 1.29 is 27.4 Å². The molecular weight excluding hydrogens is 275 g/mol. The van der Waals surface area contributed by atoms with Gasteiger partial charge in [0, 0.05) is 0 Å². The first-order valence-corrected chi connectivity index (χ1v) is 5.67. The highest BCUT2D eigenvalue weighted by Crippen LogP contribution is 2.37. The summed E-state index contributed by atoms with van der Waals surface area (Å²) in [5.41, 5.74) is -1.15. The molecule has 4 nitrogen and oxygen atoms in total. The Morgan fingerprint density at radius 2 is 2.05 bits per heavy atom. The number of carbonyl (C=O) groups excluding carboxylic acids is 1. The minimum atomic E-state index is -4.64. The molecule has 0 aromatic heterocycles. The first kappa shape index (κ1) is 15.8. The molecule has 0 saturated carbocycles. The maximum absolute atomic E-state index is 12.8. The molecule has 0 aliphatic carbocycles. The van der Waals surface area contributed by atoms with E-state index in [4.69, 9.17) is 10.00 Å². The lowest BCUT2D eigenvalue weighted by atomic mass is 10.0. The van der Waals surface area contributed by atoms with Crippen LogP contribution in [0.3, 0.4) is 0 Å². The van der Waals surface area contributed by atoms with Crippen LogP contribution in [0.2, 0.25) is 0 Å². The number of nitriles is 1. The van der Waals surface area contributed by atoms with Crippen molar-refractivity contribution in [2.45, 2.75) is 19.5 Å². The average Bonchev–Trinajstić information content (AvgIpc) is 2.37. The zero-order valence-electron chi connectivity index (χ0n) is 10.9. The fourth-order valence-electron chi connectivity index (χ4n) is 1.63. The topological polar surface area (TPSA) is 59.3 Å². The van der Waals surface area contributed by atoms with Gasteiger partial charge in [-0.1, -0.05) is 0 Å². The minimum Gasteiger partial charge on any atom is -0.496 e. The van der Waals surface area contributed by atoms with E-state index >= 15 is 0 Å². The van der Waals surface area contributed by atoms with Crippen LogP contribution in [-0.4, -0.2) is 19.7 Å². The predicted molar refractivity (Wildman–Crippen MR) is 63.0 cm³/mol. The third-order valence-corrected chi connectivity index (χ3v) is 2.49. The third kappa shape index (κ3) is 3.63. The monoisotopic (exact) mass is 287 g/mol. The Bertz CT molecular complexity index is 547. The molecule has 7 heteroatoms. The molecule has 1 rings (SSSR count). The third-order valence-electron chi connectivity index (χ3n) is 2.49. The van der Waals surface area contributed by atoms with Crippen LogP contribution in [0.5, 0.6) is 5.75 Å². The van der Waals surface area contributed by atoms with Crippen molar-refractivity contribution in [3.05, 3.63) is 28.8 Å². The van der Waals surface area contributed by atoms with Gasteiger partial charge in [0.05, 0.1) is 37.3 Å². The Morgan fingerprint density at radius 1 is 1.40 bits per heavy atom. The van der Waals surface area contributed by atoms with E-state index in [1.807, 2.05) is 0 Å². The number of carbonyl (C=O) groups is 1. The number of methoxy groups -OCH3 is 1. The molecular formula is C13H12F3NO3. The molecule has 0 amide bonds. The van der Waals surface area contributed by atoms with E-state index in [2.05, 4.69) is 4.74 Å². The number of benzene rings is 1. The van der Waals surface area contributed by atoms with E-state index in [0.717, 1.165) is 13.2 Å². The number of halogens is 3. The summed E-state index contributed by atoms with van der Waals surface area (Å²) in [7, 11) is 1.09. The average molecular weight is 287 g/mol. The van der Waals surface area contributed by atoms with Crippen molar-refractivity contribution in [3.63, 3.8) is 0 Å². The molecule has 0 spiro atoms. The summed E-state index contributed by atoms with van der Waals surface area (Å²) in [6.45, 7) is 1.76. The van der Waals surface area contributed by atoms with Gasteiger partial charge in [-0.3, -0.25) is 4.79 Å². The molecule has 0 bridgehead atoms. The summed E-state index contributed by atoms with van der Waals surface area (Å²) in [6, 6.07) is 3.36. The number of esters is 1. The molecule has 0 aliphatic rings. The van der Waals surface area contributed by atoms with Gasteiger partial charge in [0.25, 0.3) is 0 Å². The first-order valence-electron chi connectivity index (χ1n) is 5.67. The SMILES string of the molecule is CCOC(=O)Cc1cc(OC)c(C(F)(F)F)cc1C#N. The van der Waals surface area contributed by atoms with Crippen molar-refractivity contribution in [2.24, 2.45) is 0 Å². The summed E-state index contributed by atoms with van der Waals surface area (Å²) < 4.78 is 47.7. The smallest absolute Gasteiger partial charge is 0.420 e. The molecule has 0 heterocycles. The van der Waals surface area contributed by atoms with Crippen LogP contribution >= 0.6 is 0 Å². The van der Waals surface area contributed by atoms with Gasteiger partial charge in [0.2, 0.25) is 0 Å². The van der Waals surface area contributed by atoms with Gasteiger partial charge in [-0.25, -0.2) is 0 Å². The van der Waals surface area contributed by atoms with Crippen molar-refractivity contribution in [2.75, 3.05) is 13.7 Å². The molecule has 1 aromatic carbocycles. The summed E-state index contributed by atoms with van der Waals surface area (Å²) >= 11 is 0. The highest BCUT2D eigenvalue weighted by Gasteiger charge is 2.35. The quantitative estimate of drug-likeness (QED) is 0.799. The minimum absolute atomic E-state index is 0.135. The van der Waals surface area contributed by atoms with Gasteiger partial charge in [0.15, 0.2) is 0 Å². The Balaban J connectivity index is 3.27.